The summed E-state index contributed by atoms with van der Waals surface area (Å²) >= 11 is 0. The second-order valence-corrected chi connectivity index (χ2v) is 6.97. The van der Waals surface area contributed by atoms with Crippen LogP contribution in [0.2, 0.25) is 0 Å². The van der Waals surface area contributed by atoms with Crippen molar-refractivity contribution in [1.82, 2.24) is 0 Å². The summed E-state index contributed by atoms with van der Waals surface area (Å²) < 4.78 is 0. The molecule has 1 atom stereocenters. The van der Waals surface area contributed by atoms with E-state index in [0.29, 0.717) is 5.92 Å². The van der Waals surface area contributed by atoms with Crippen LogP contribution >= 0.6 is 0 Å². The third-order valence-corrected chi connectivity index (χ3v) is 5.19. The van der Waals surface area contributed by atoms with Crippen LogP contribution in [0.15, 0.2) is 115 Å². The van der Waals surface area contributed by atoms with Crippen LogP contribution in [0.5, 0.6) is 0 Å². The van der Waals surface area contributed by atoms with Crippen molar-refractivity contribution in [1.29, 1.82) is 0 Å². The number of hydrogen-bond donors (Lipinski definition) is 0. The highest BCUT2D eigenvalue weighted by molar-refractivity contribution is 5.76. The molecule has 4 aromatic carbocycles. The lowest BCUT2D eigenvalue weighted by Crippen LogP contribution is -2.10. The lowest BCUT2D eigenvalue weighted by atomic mass is 9.89. The molecule has 0 spiro atoms. The summed E-state index contributed by atoms with van der Waals surface area (Å²) in [5, 5.41) is 0. The number of nitrogens with zero attached hydrogens (tertiary/aromatic N) is 1. The molecule has 0 aromatic heterocycles. The quantitative estimate of drug-likeness (QED) is 0.339. The van der Waals surface area contributed by atoms with E-state index in [4.69, 9.17) is 0 Å². The molecule has 0 bridgehead atoms. The lowest BCUT2D eigenvalue weighted by Gasteiger charge is -2.26. The molecule has 0 saturated heterocycles. The highest BCUT2D eigenvalue weighted by Crippen LogP contribution is 2.36. The molecule has 0 aliphatic heterocycles. The molecular weight excluding hydrogens is 338 g/mol. The molecule has 4 aromatic rings. The number of para-hydroxylation sites is 2. The van der Waals surface area contributed by atoms with Crippen LogP contribution < -0.4 is 4.90 Å². The van der Waals surface area contributed by atoms with Gasteiger partial charge < -0.3 is 4.90 Å². The van der Waals surface area contributed by atoms with E-state index in [0.717, 1.165) is 17.8 Å². The Balaban J connectivity index is 1.71. The van der Waals surface area contributed by atoms with Crippen LogP contribution in [0, 0.1) is 0 Å². The molecule has 28 heavy (non-hydrogen) atoms. The molecule has 1 unspecified atom stereocenters. The highest BCUT2D eigenvalue weighted by atomic mass is 15.1. The van der Waals surface area contributed by atoms with Crippen molar-refractivity contribution in [2.75, 3.05) is 4.90 Å². The lowest BCUT2D eigenvalue weighted by molar-refractivity contribution is 0.777. The van der Waals surface area contributed by atoms with Gasteiger partial charge in [0.05, 0.1) is 0 Å². The Morgan fingerprint density at radius 2 is 0.893 bits per heavy atom. The highest BCUT2D eigenvalue weighted by Gasteiger charge is 2.15. The van der Waals surface area contributed by atoms with Crippen LogP contribution in [0.3, 0.4) is 0 Å². The summed E-state index contributed by atoms with van der Waals surface area (Å²) in [7, 11) is 0. The average molecular weight is 364 g/mol. The van der Waals surface area contributed by atoms with Gasteiger partial charge in [-0.2, -0.15) is 0 Å². The predicted octanol–water partition coefficient (Wildman–Crippen LogP) is 7.70. The summed E-state index contributed by atoms with van der Waals surface area (Å²) in [6.07, 6.45) is 1.09. The van der Waals surface area contributed by atoms with Gasteiger partial charge in [0.1, 0.15) is 0 Å². The fourth-order valence-corrected chi connectivity index (χ4v) is 3.81. The van der Waals surface area contributed by atoms with Crippen LogP contribution in [0.1, 0.15) is 30.4 Å². The Kier molecular flexibility index (Phi) is 5.53. The molecule has 1 nitrogen and oxygen atoms in total. The van der Waals surface area contributed by atoms with Gasteiger partial charge in [-0.3, -0.25) is 0 Å². The first-order valence-electron chi connectivity index (χ1n) is 9.92. The molecule has 0 aliphatic rings. The van der Waals surface area contributed by atoms with E-state index in [2.05, 4.69) is 127 Å². The first kappa shape index (κ1) is 18.1. The Bertz CT molecular complexity index is 937. The van der Waals surface area contributed by atoms with Crippen molar-refractivity contribution >= 4 is 17.1 Å². The van der Waals surface area contributed by atoms with Crippen molar-refractivity contribution < 1.29 is 0 Å². The minimum Gasteiger partial charge on any atom is -0.311 e. The second kappa shape index (κ2) is 8.58. The number of rotatable bonds is 6. The molecule has 4 rings (SSSR count). The summed E-state index contributed by atoms with van der Waals surface area (Å²) in [6.45, 7) is 2.26. The van der Waals surface area contributed by atoms with Crippen molar-refractivity contribution in [2.24, 2.45) is 0 Å². The molecule has 1 heteroatoms. The van der Waals surface area contributed by atoms with Gasteiger partial charge in [-0.05, 0) is 53.9 Å². The molecule has 0 aliphatic carbocycles. The average Bonchev–Trinajstić information content (AvgIpc) is 2.78. The van der Waals surface area contributed by atoms with E-state index in [1.807, 2.05) is 0 Å². The SMILES string of the molecule is CCC(c1ccccc1)c1ccc(N(c2ccccc2)c2ccccc2)cc1. The fraction of sp³-hybridized carbons (Fsp3) is 0.111. The first-order chi connectivity index (χ1) is 13.9. The minimum atomic E-state index is 0.428. The van der Waals surface area contributed by atoms with Gasteiger partial charge in [0.2, 0.25) is 0 Å². The molecule has 0 fully saturated rings. The van der Waals surface area contributed by atoms with Gasteiger partial charge in [-0.1, -0.05) is 85.8 Å². The zero-order chi connectivity index (χ0) is 19.2. The maximum Gasteiger partial charge on any atom is 0.0461 e. The van der Waals surface area contributed by atoms with Crippen LogP contribution in [0.4, 0.5) is 17.1 Å². The molecule has 0 saturated carbocycles. The zero-order valence-corrected chi connectivity index (χ0v) is 16.2. The maximum absolute atomic E-state index is 2.30. The van der Waals surface area contributed by atoms with Crippen molar-refractivity contribution in [3.63, 3.8) is 0 Å². The predicted molar refractivity (Wildman–Crippen MR) is 120 cm³/mol. The Labute approximate surface area is 167 Å². The van der Waals surface area contributed by atoms with E-state index in [1.165, 1.54) is 16.8 Å². The standard InChI is InChI=1S/C27H25N/c1-2-27(22-12-6-3-7-13-22)23-18-20-26(21-19-23)28(24-14-8-4-9-15-24)25-16-10-5-11-17-25/h3-21,27H,2H2,1H3. The van der Waals surface area contributed by atoms with Crippen LogP contribution in [0.25, 0.3) is 0 Å². The smallest absolute Gasteiger partial charge is 0.0461 e. The van der Waals surface area contributed by atoms with Gasteiger partial charge in [0.25, 0.3) is 0 Å². The number of benzene rings is 4. The summed E-state index contributed by atoms with van der Waals surface area (Å²) in [5.41, 5.74) is 6.23. The van der Waals surface area contributed by atoms with Crippen molar-refractivity contribution in [2.45, 2.75) is 19.3 Å². The van der Waals surface area contributed by atoms with E-state index in [-0.39, 0.29) is 0 Å². The van der Waals surface area contributed by atoms with E-state index in [9.17, 15) is 0 Å². The molecular formula is C27H25N. The topological polar surface area (TPSA) is 3.24 Å². The van der Waals surface area contributed by atoms with Crippen LogP contribution in [-0.2, 0) is 0 Å². The molecule has 0 heterocycles. The fourth-order valence-electron chi connectivity index (χ4n) is 3.81. The Morgan fingerprint density at radius 1 is 0.500 bits per heavy atom. The minimum absolute atomic E-state index is 0.428. The third kappa shape index (κ3) is 3.84. The second-order valence-electron chi connectivity index (χ2n) is 6.97. The molecule has 138 valence electrons. The largest absolute Gasteiger partial charge is 0.311 e. The summed E-state index contributed by atoms with van der Waals surface area (Å²) in [4.78, 5) is 2.30. The molecule has 0 N–H and O–H groups in total. The van der Waals surface area contributed by atoms with Gasteiger partial charge in [0.15, 0.2) is 0 Å². The van der Waals surface area contributed by atoms with E-state index >= 15 is 0 Å². The maximum atomic E-state index is 2.30. The summed E-state index contributed by atoms with van der Waals surface area (Å²) in [5.74, 6) is 0.428. The van der Waals surface area contributed by atoms with Gasteiger partial charge in [0, 0.05) is 23.0 Å². The normalized spacial score (nSPS) is 11.8. The molecule has 0 radical (unpaired) electrons. The van der Waals surface area contributed by atoms with Gasteiger partial charge >= 0.3 is 0 Å². The Morgan fingerprint density at radius 3 is 1.36 bits per heavy atom. The van der Waals surface area contributed by atoms with Crippen molar-refractivity contribution in [3.8, 4) is 0 Å². The van der Waals surface area contributed by atoms with E-state index in [1.54, 1.807) is 0 Å². The van der Waals surface area contributed by atoms with E-state index < -0.39 is 0 Å². The first-order valence-corrected chi connectivity index (χ1v) is 9.92. The van der Waals surface area contributed by atoms with Gasteiger partial charge in [-0.15, -0.1) is 0 Å². The summed E-state index contributed by atoms with van der Waals surface area (Å²) in [6, 6.07) is 40.9. The molecule has 0 amide bonds. The zero-order valence-electron chi connectivity index (χ0n) is 16.2. The van der Waals surface area contributed by atoms with Crippen LogP contribution in [-0.4, -0.2) is 0 Å². The monoisotopic (exact) mass is 363 g/mol. The van der Waals surface area contributed by atoms with Crippen molar-refractivity contribution in [3.05, 3.63) is 126 Å². The number of anilines is 3. The van der Waals surface area contributed by atoms with Gasteiger partial charge in [-0.25, -0.2) is 0 Å². The number of hydrogen-bond acceptors (Lipinski definition) is 1. The Hall–Kier alpha value is -3.32. The third-order valence-electron chi connectivity index (χ3n) is 5.19.